The molecule has 0 amide bonds. The first kappa shape index (κ1) is 24.6. The smallest absolute Gasteiger partial charge is 0.333 e. The third kappa shape index (κ3) is 15.6. The van der Waals surface area contributed by atoms with Crippen LogP contribution >= 0.6 is 0 Å². The Kier molecular flexibility index (Phi) is 13.4. The van der Waals surface area contributed by atoms with E-state index in [-0.39, 0.29) is 24.0 Å². The number of hydrogen-bond acceptors (Lipinski definition) is 7. The zero-order chi connectivity index (χ0) is 20.7. The number of hydrogen-bond donors (Lipinski definition) is 0. The topological polar surface area (TPSA) is 91.4 Å². The van der Waals surface area contributed by atoms with Gasteiger partial charge < -0.3 is 18.9 Å². The van der Waals surface area contributed by atoms with Crippen molar-refractivity contribution >= 4 is 17.9 Å². The quantitative estimate of drug-likeness (QED) is 0.209. The summed E-state index contributed by atoms with van der Waals surface area (Å²) in [6.07, 6.45) is 7.20. The van der Waals surface area contributed by atoms with Gasteiger partial charge in [-0.1, -0.05) is 26.5 Å². The molecule has 1 saturated heterocycles. The second-order valence-electron chi connectivity index (χ2n) is 5.86. The third-order valence-electron chi connectivity index (χ3n) is 3.10. The summed E-state index contributed by atoms with van der Waals surface area (Å²) in [4.78, 5) is 31.2. The lowest BCUT2D eigenvalue weighted by atomic mass is 10.1. The first-order chi connectivity index (χ1) is 12.8. The number of esters is 3. The van der Waals surface area contributed by atoms with Crippen LogP contribution < -0.4 is 0 Å². The van der Waals surface area contributed by atoms with E-state index in [0.29, 0.717) is 25.4 Å². The highest BCUT2D eigenvalue weighted by atomic mass is 16.6. The summed E-state index contributed by atoms with van der Waals surface area (Å²) in [5.74, 6) is -0.0487. The number of ether oxygens (including phenoxy) is 4. The molecule has 1 aliphatic heterocycles. The Labute approximate surface area is 161 Å². The van der Waals surface area contributed by atoms with Crippen molar-refractivity contribution in [3.8, 4) is 0 Å². The van der Waals surface area contributed by atoms with Gasteiger partial charge in [-0.15, -0.1) is 0 Å². The van der Waals surface area contributed by atoms with E-state index in [9.17, 15) is 14.4 Å². The van der Waals surface area contributed by atoms with Gasteiger partial charge >= 0.3 is 17.9 Å². The minimum absolute atomic E-state index is 0.142. The van der Waals surface area contributed by atoms with Crippen molar-refractivity contribution in [1.29, 1.82) is 0 Å². The Morgan fingerprint density at radius 1 is 1.30 bits per heavy atom. The first-order valence-electron chi connectivity index (χ1n) is 8.91. The molecule has 1 unspecified atom stereocenters. The number of unbranched alkanes of at least 4 members (excludes halogenated alkanes) is 1. The summed E-state index contributed by atoms with van der Waals surface area (Å²) in [6, 6.07) is 0. The largest absolute Gasteiger partial charge is 0.463 e. The molecule has 1 fully saturated rings. The zero-order valence-corrected chi connectivity index (χ0v) is 16.5. The van der Waals surface area contributed by atoms with Crippen LogP contribution in [0.5, 0.6) is 0 Å². The lowest BCUT2D eigenvalue weighted by Gasteiger charge is -2.11. The van der Waals surface area contributed by atoms with Crippen molar-refractivity contribution in [3.63, 3.8) is 0 Å². The zero-order valence-electron chi connectivity index (χ0n) is 16.5. The molecule has 0 N–H and O–H groups in total. The van der Waals surface area contributed by atoms with Crippen molar-refractivity contribution in [2.75, 3.05) is 19.8 Å². The second-order valence-corrected chi connectivity index (χ2v) is 5.86. The number of rotatable bonds is 8. The van der Waals surface area contributed by atoms with Crippen molar-refractivity contribution in [2.24, 2.45) is 0 Å². The van der Waals surface area contributed by atoms with Crippen LogP contribution in [0.3, 0.4) is 0 Å². The molecule has 0 aromatic rings. The second kappa shape index (κ2) is 14.7. The summed E-state index contributed by atoms with van der Waals surface area (Å²) < 4.78 is 19.0. The van der Waals surface area contributed by atoms with E-state index in [1.54, 1.807) is 6.92 Å². The first-order valence-corrected chi connectivity index (χ1v) is 8.91. The van der Waals surface area contributed by atoms with Crippen LogP contribution in [0.15, 0.2) is 36.6 Å². The van der Waals surface area contributed by atoms with Crippen LogP contribution in [0.2, 0.25) is 0 Å². The molecule has 0 bridgehead atoms. The van der Waals surface area contributed by atoms with E-state index >= 15 is 0 Å². The fourth-order valence-corrected chi connectivity index (χ4v) is 1.37. The minimum atomic E-state index is -0.337. The van der Waals surface area contributed by atoms with Crippen LogP contribution in [0.4, 0.5) is 0 Å². The summed E-state index contributed by atoms with van der Waals surface area (Å²) in [6.45, 7) is 13.4. The molecule has 0 radical (unpaired) electrons. The van der Waals surface area contributed by atoms with E-state index in [1.807, 2.05) is 13.0 Å². The number of epoxide rings is 1. The summed E-state index contributed by atoms with van der Waals surface area (Å²) in [5, 5.41) is 0. The van der Waals surface area contributed by atoms with E-state index in [2.05, 4.69) is 17.9 Å². The van der Waals surface area contributed by atoms with Gasteiger partial charge in [0.2, 0.25) is 0 Å². The maximum atomic E-state index is 10.7. The fourth-order valence-electron chi connectivity index (χ4n) is 1.37. The SMILES string of the molecule is C=C(C)C(=O)OCC1CO1.C=CC(=O)OCCCC.CC(=O)OC1=CCC1. The van der Waals surface area contributed by atoms with Crippen molar-refractivity contribution < 1.29 is 33.3 Å². The Balaban J connectivity index is 0.000000378. The van der Waals surface area contributed by atoms with Crippen LogP contribution in [-0.4, -0.2) is 43.8 Å². The number of carbonyl (C=O) groups is 3. The van der Waals surface area contributed by atoms with Gasteiger partial charge in [-0.3, -0.25) is 4.79 Å². The fraction of sp³-hybridized carbons (Fsp3) is 0.550. The van der Waals surface area contributed by atoms with Gasteiger partial charge in [0.15, 0.2) is 0 Å². The lowest BCUT2D eigenvalue weighted by Crippen LogP contribution is -2.09. The molecule has 1 atom stereocenters. The van der Waals surface area contributed by atoms with Gasteiger partial charge in [-0.05, 0) is 25.8 Å². The summed E-state index contributed by atoms with van der Waals surface area (Å²) >= 11 is 0. The van der Waals surface area contributed by atoms with Crippen LogP contribution in [0.25, 0.3) is 0 Å². The van der Waals surface area contributed by atoms with Crippen LogP contribution in [-0.2, 0) is 33.3 Å². The monoisotopic (exact) mass is 382 g/mol. The summed E-state index contributed by atoms with van der Waals surface area (Å²) in [5.41, 5.74) is 0.431. The van der Waals surface area contributed by atoms with Crippen molar-refractivity contribution in [2.45, 2.75) is 52.6 Å². The van der Waals surface area contributed by atoms with E-state index < -0.39 is 0 Å². The molecule has 0 spiro atoms. The molecule has 1 heterocycles. The van der Waals surface area contributed by atoms with Crippen molar-refractivity contribution in [1.82, 2.24) is 0 Å². The van der Waals surface area contributed by atoms with Gasteiger partial charge in [0.25, 0.3) is 0 Å². The molecule has 0 aromatic carbocycles. The highest BCUT2D eigenvalue weighted by molar-refractivity contribution is 5.86. The Hall–Kier alpha value is -2.41. The van der Waals surface area contributed by atoms with Gasteiger partial charge in [-0.25, -0.2) is 9.59 Å². The molecular formula is C20H30O7. The number of carbonyl (C=O) groups excluding carboxylic acids is 3. The molecule has 7 heteroatoms. The van der Waals surface area contributed by atoms with Crippen molar-refractivity contribution in [3.05, 3.63) is 36.6 Å². The van der Waals surface area contributed by atoms with Crippen LogP contribution in [0.1, 0.15) is 46.5 Å². The highest BCUT2D eigenvalue weighted by Crippen LogP contribution is 2.18. The lowest BCUT2D eigenvalue weighted by molar-refractivity contribution is -0.139. The average molecular weight is 382 g/mol. The molecule has 152 valence electrons. The van der Waals surface area contributed by atoms with E-state index in [1.165, 1.54) is 13.0 Å². The molecular weight excluding hydrogens is 352 g/mol. The molecule has 2 aliphatic rings. The molecule has 2 rings (SSSR count). The maximum Gasteiger partial charge on any atom is 0.333 e. The van der Waals surface area contributed by atoms with Gasteiger partial charge in [0.1, 0.15) is 18.5 Å². The molecule has 7 nitrogen and oxygen atoms in total. The van der Waals surface area contributed by atoms with Gasteiger partial charge in [0, 0.05) is 25.0 Å². The maximum absolute atomic E-state index is 10.7. The molecule has 0 saturated carbocycles. The third-order valence-corrected chi connectivity index (χ3v) is 3.10. The minimum Gasteiger partial charge on any atom is -0.463 e. The predicted molar refractivity (Wildman–Crippen MR) is 101 cm³/mol. The van der Waals surface area contributed by atoms with E-state index in [0.717, 1.165) is 31.4 Å². The van der Waals surface area contributed by atoms with Gasteiger partial charge in [-0.2, -0.15) is 0 Å². The van der Waals surface area contributed by atoms with E-state index in [4.69, 9.17) is 14.2 Å². The summed E-state index contributed by atoms with van der Waals surface area (Å²) in [7, 11) is 0. The Morgan fingerprint density at radius 2 is 1.93 bits per heavy atom. The Bertz CT molecular complexity index is 545. The van der Waals surface area contributed by atoms with Crippen LogP contribution in [0, 0.1) is 0 Å². The molecule has 27 heavy (non-hydrogen) atoms. The van der Waals surface area contributed by atoms with Gasteiger partial charge in [0.05, 0.1) is 13.2 Å². The average Bonchev–Trinajstić information content (AvgIpc) is 3.41. The molecule has 0 aromatic heterocycles. The normalized spacial score (nSPS) is 15.8. The number of allylic oxidation sites excluding steroid dienone is 2. The molecule has 1 aliphatic carbocycles. The standard InChI is InChI=1S/C7H10O3.C7H12O2.C6H8O2/c1-5(2)7(8)10-4-6-3-9-6;1-3-5-6-9-7(8)4-2;1-5(7)8-6-3-2-4-6/h6H,1,3-4H2,2H3;4H,2-3,5-6H2,1H3;3H,2,4H2,1H3. The highest BCUT2D eigenvalue weighted by Gasteiger charge is 2.24. The Morgan fingerprint density at radius 3 is 2.26 bits per heavy atom. The predicted octanol–water partition coefficient (Wildman–Crippen LogP) is 3.25.